The first-order valence-corrected chi connectivity index (χ1v) is 9.78. The quantitative estimate of drug-likeness (QED) is 0.328. The highest BCUT2D eigenvalue weighted by molar-refractivity contribution is 9.10. The highest BCUT2D eigenvalue weighted by atomic mass is 79.9. The molecule has 0 fully saturated rings. The molecule has 4 aromatic rings. The van der Waals surface area contributed by atoms with E-state index in [4.69, 9.17) is 0 Å². The molecule has 0 aliphatic heterocycles. The molecule has 144 valence electrons. The van der Waals surface area contributed by atoms with Crippen LogP contribution in [0, 0.1) is 12.7 Å². The summed E-state index contributed by atoms with van der Waals surface area (Å²) in [6, 6.07) is 16.9. The number of rotatable bonds is 4. The number of hydrogen-bond acceptors (Lipinski definition) is 3. The lowest BCUT2D eigenvalue weighted by molar-refractivity contribution is 0.103. The van der Waals surface area contributed by atoms with E-state index in [1.807, 2.05) is 34.9 Å². The van der Waals surface area contributed by atoms with Crippen molar-refractivity contribution in [3.05, 3.63) is 110 Å². The summed E-state index contributed by atoms with van der Waals surface area (Å²) >= 11 is 3.36. The molecule has 0 aliphatic carbocycles. The number of benzene rings is 2. The van der Waals surface area contributed by atoms with Gasteiger partial charge in [-0.3, -0.25) is 9.59 Å². The number of carbonyl (C=O) groups excluding carboxylic acids is 1. The van der Waals surface area contributed by atoms with Crippen molar-refractivity contribution >= 4 is 32.6 Å². The van der Waals surface area contributed by atoms with Crippen LogP contribution in [0.2, 0.25) is 0 Å². The standard InChI is InChI=1S/C23H16BrFN2O2/c1-14-11-15(9-10-19(14)25)22(28)18-13-27(12-16-5-4-8-21(24)26-16)20-7-3-2-6-17(20)23(18)29/h2-11,13H,12H2,1H3. The monoisotopic (exact) mass is 450 g/mol. The molecule has 0 saturated carbocycles. The average molecular weight is 451 g/mol. The van der Waals surface area contributed by atoms with Crippen LogP contribution in [-0.4, -0.2) is 15.3 Å². The Morgan fingerprint density at radius 1 is 1.10 bits per heavy atom. The molecule has 0 amide bonds. The zero-order valence-electron chi connectivity index (χ0n) is 15.5. The number of halogens is 2. The Hall–Kier alpha value is -3.12. The molecule has 0 unspecified atom stereocenters. The van der Waals surface area contributed by atoms with E-state index in [0.29, 0.717) is 27.6 Å². The summed E-state index contributed by atoms with van der Waals surface area (Å²) < 4.78 is 16.2. The molecule has 0 bridgehead atoms. The van der Waals surface area contributed by atoms with Crippen molar-refractivity contribution in [2.45, 2.75) is 13.5 Å². The van der Waals surface area contributed by atoms with Gasteiger partial charge in [-0.05, 0) is 70.9 Å². The molecule has 4 rings (SSSR count). The number of ketones is 1. The fraction of sp³-hybridized carbons (Fsp3) is 0.0870. The molecule has 0 spiro atoms. The van der Waals surface area contributed by atoms with Crippen LogP contribution in [0.3, 0.4) is 0 Å². The number of aryl methyl sites for hydroxylation is 1. The van der Waals surface area contributed by atoms with Gasteiger partial charge in [0.1, 0.15) is 10.4 Å². The average Bonchev–Trinajstić information content (AvgIpc) is 2.72. The Morgan fingerprint density at radius 2 is 1.90 bits per heavy atom. The number of pyridine rings is 2. The Bertz CT molecular complexity index is 1310. The molecule has 0 saturated heterocycles. The normalized spacial score (nSPS) is 11.0. The van der Waals surface area contributed by atoms with Crippen LogP contribution in [0.1, 0.15) is 27.2 Å². The number of hydrogen-bond donors (Lipinski definition) is 0. The maximum Gasteiger partial charge on any atom is 0.200 e. The molecule has 0 atom stereocenters. The minimum atomic E-state index is -0.431. The molecule has 2 heterocycles. The summed E-state index contributed by atoms with van der Waals surface area (Å²) in [6.45, 7) is 1.98. The predicted molar refractivity (Wildman–Crippen MR) is 114 cm³/mol. The largest absolute Gasteiger partial charge is 0.340 e. The molecule has 0 aliphatic rings. The van der Waals surface area contributed by atoms with E-state index in [0.717, 1.165) is 5.69 Å². The Morgan fingerprint density at radius 3 is 2.66 bits per heavy atom. The van der Waals surface area contributed by atoms with Crippen LogP contribution in [0.15, 0.2) is 76.3 Å². The highest BCUT2D eigenvalue weighted by Crippen LogP contribution is 2.18. The number of fused-ring (bicyclic) bond motifs is 1. The van der Waals surface area contributed by atoms with Crippen molar-refractivity contribution in [2.75, 3.05) is 0 Å². The summed E-state index contributed by atoms with van der Waals surface area (Å²) in [5.74, 6) is -0.821. The van der Waals surface area contributed by atoms with Crippen molar-refractivity contribution in [3.63, 3.8) is 0 Å². The Balaban J connectivity index is 1.88. The molecule has 2 aromatic heterocycles. The topological polar surface area (TPSA) is 52.0 Å². The van der Waals surface area contributed by atoms with Gasteiger partial charge < -0.3 is 4.57 Å². The highest BCUT2D eigenvalue weighted by Gasteiger charge is 2.18. The molecule has 2 aromatic carbocycles. The SMILES string of the molecule is Cc1cc(C(=O)c2cn(Cc3cccc(Br)n3)c3ccccc3c2=O)ccc1F. The van der Waals surface area contributed by atoms with Gasteiger partial charge in [0.25, 0.3) is 0 Å². The third-order valence-electron chi connectivity index (χ3n) is 4.76. The second-order valence-electron chi connectivity index (χ2n) is 6.76. The summed E-state index contributed by atoms with van der Waals surface area (Å²) in [5.41, 5.74) is 1.84. The minimum Gasteiger partial charge on any atom is -0.340 e. The first-order chi connectivity index (χ1) is 13.9. The van der Waals surface area contributed by atoms with Gasteiger partial charge in [0.2, 0.25) is 5.43 Å². The summed E-state index contributed by atoms with van der Waals surface area (Å²) in [4.78, 5) is 30.5. The predicted octanol–water partition coefficient (Wildman–Crippen LogP) is 4.89. The van der Waals surface area contributed by atoms with Crippen molar-refractivity contribution < 1.29 is 9.18 Å². The van der Waals surface area contributed by atoms with Gasteiger partial charge in [-0.2, -0.15) is 0 Å². The Labute approximate surface area is 174 Å². The van der Waals surface area contributed by atoms with Crippen LogP contribution in [0.25, 0.3) is 10.9 Å². The molecule has 0 radical (unpaired) electrons. The van der Waals surface area contributed by atoms with E-state index in [1.54, 1.807) is 25.3 Å². The van der Waals surface area contributed by atoms with Gasteiger partial charge in [-0.15, -0.1) is 0 Å². The molecule has 29 heavy (non-hydrogen) atoms. The molecule has 4 nitrogen and oxygen atoms in total. The molecule has 6 heteroatoms. The van der Waals surface area contributed by atoms with Crippen LogP contribution in [0.5, 0.6) is 0 Å². The lowest BCUT2D eigenvalue weighted by Gasteiger charge is -2.13. The second kappa shape index (κ2) is 7.72. The van der Waals surface area contributed by atoms with Gasteiger partial charge in [-0.1, -0.05) is 18.2 Å². The van der Waals surface area contributed by atoms with E-state index in [2.05, 4.69) is 20.9 Å². The van der Waals surface area contributed by atoms with Crippen molar-refractivity contribution in [1.82, 2.24) is 9.55 Å². The zero-order chi connectivity index (χ0) is 20.5. The van der Waals surface area contributed by atoms with Crippen LogP contribution in [0.4, 0.5) is 4.39 Å². The maximum atomic E-state index is 13.6. The van der Waals surface area contributed by atoms with Gasteiger partial charge >= 0.3 is 0 Å². The lowest BCUT2D eigenvalue weighted by atomic mass is 10.0. The van der Waals surface area contributed by atoms with Crippen LogP contribution < -0.4 is 5.43 Å². The van der Waals surface area contributed by atoms with Crippen molar-refractivity contribution in [1.29, 1.82) is 0 Å². The van der Waals surface area contributed by atoms with E-state index in [9.17, 15) is 14.0 Å². The van der Waals surface area contributed by atoms with Crippen LogP contribution >= 0.6 is 15.9 Å². The van der Waals surface area contributed by atoms with E-state index in [-0.39, 0.29) is 16.6 Å². The van der Waals surface area contributed by atoms with Gasteiger partial charge in [0.15, 0.2) is 5.78 Å². The zero-order valence-corrected chi connectivity index (χ0v) is 17.1. The number of carbonyl (C=O) groups is 1. The number of aromatic nitrogens is 2. The van der Waals surface area contributed by atoms with Crippen molar-refractivity contribution in [3.8, 4) is 0 Å². The summed E-state index contributed by atoms with van der Waals surface area (Å²) in [7, 11) is 0. The second-order valence-corrected chi connectivity index (χ2v) is 7.57. The van der Waals surface area contributed by atoms with Crippen molar-refractivity contribution in [2.24, 2.45) is 0 Å². The maximum absolute atomic E-state index is 13.6. The summed E-state index contributed by atoms with van der Waals surface area (Å²) in [6.07, 6.45) is 1.56. The van der Waals surface area contributed by atoms with Crippen LogP contribution in [-0.2, 0) is 6.54 Å². The number of para-hydroxylation sites is 1. The van der Waals surface area contributed by atoms with E-state index in [1.165, 1.54) is 18.2 Å². The number of nitrogens with zero attached hydrogens (tertiary/aromatic N) is 2. The van der Waals surface area contributed by atoms with E-state index >= 15 is 0 Å². The first kappa shape index (κ1) is 19.2. The molecular weight excluding hydrogens is 435 g/mol. The third kappa shape index (κ3) is 3.76. The Kier molecular flexibility index (Phi) is 5.11. The van der Waals surface area contributed by atoms with Gasteiger partial charge in [-0.25, -0.2) is 9.37 Å². The lowest BCUT2D eigenvalue weighted by Crippen LogP contribution is -2.20. The molecule has 0 N–H and O–H groups in total. The van der Waals surface area contributed by atoms with Gasteiger partial charge in [0.05, 0.1) is 23.3 Å². The minimum absolute atomic E-state index is 0.0460. The van der Waals surface area contributed by atoms with E-state index < -0.39 is 11.6 Å². The third-order valence-corrected chi connectivity index (χ3v) is 5.20. The molecular formula is C23H16BrFN2O2. The van der Waals surface area contributed by atoms with Gasteiger partial charge in [0, 0.05) is 17.1 Å². The smallest absolute Gasteiger partial charge is 0.200 e. The fourth-order valence-electron chi connectivity index (χ4n) is 3.29. The fourth-order valence-corrected chi connectivity index (χ4v) is 3.67. The first-order valence-electron chi connectivity index (χ1n) is 8.98. The summed E-state index contributed by atoms with van der Waals surface area (Å²) in [5, 5.41) is 0.451.